The van der Waals surface area contributed by atoms with Crippen molar-refractivity contribution in [3.05, 3.63) is 89.0 Å². The quantitative estimate of drug-likeness (QED) is 0.129. The summed E-state index contributed by atoms with van der Waals surface area (Å²) in [4.78, 5) is 23.9. The second-order valence-corrected chi connectivity index (χ2v) is 10.1. The zero-order valence-electron chi connectivity index (χ0n) is 22.8. The first-order chi connectivity index (χ1) is 19.0. The average Bonchev–Trinajstić information content (AvgIpc) is 2.96. The van der Waals surface area contributed by atoms with Gasteiger partial charge in [0, 0.05) is 5.57 Å². The van der Waals surface area contributed by atoms with E-state index < -0.39 is 11.9 Å². The van der Waals surface area contributed by atoms with Crippen molar-refractivity contribution in [1.82, 2.24) is 0 Å². The van der Waals surface area contributed by atoms with Crippen molar-refractivity contribution in [2.45, 2.75) is 71.1 Å². The fourth-order valence-corrected chi connectivity index (χ4v) is 4.84. The second-order valence-electron chi connectivity index (χ2n) is 10.1. The average molecular weight is 527 g/mol. The van der Waals surface area contributed by atoms with E-state index >= 15 is 0 Å². The fraction of sp³-hybridized carbons (Fsp3) is 0.353. The Morgan fingerprint density at radius 2 is 1.36 bits per heavy atom. The van der Waals surface area contributed by atoms with Crippen LogP contribution in [0, 0.1) is 0 Å². The Hall–Kier alpha value is -3.86. The second kappa shape index (κ2) is 14.3. The molecule has 4 rings (SSSR count). The first-order valence-corrected chi connectivity index (χ1v) is 14.2. The predicted octanol–water partition coefficient (Wildman–Crippen LogP) is 8.51. The molecule has 204 valence electrons. The van der Waals surface area contributed by atoms with E-state index in [2.05, 4.69) is 6.92 Å². The van der Waals surface area contributed by atoms with Gasteiger partial charge in [-0.3, -0.25) is 0 Å². The van der Waals surface area contributed by atoms with Crippen LogP contribution in [0.4, 0.5) is 0 Å². The number of fused-ring (bicyclic) bond motifs is 1. The van der Waals surface area contributed by atoms with Crippen LogP contribution >= 0.6 is 0 Å². The number of carboxylic acids is 1. The molecule has 1 aliphatic rings. The van der Waals surface area contributed by atoms with E-state index in [1.54, 1.807) is 30.3 Å². The number of aryl methyl sites for hydroxylation is 1. The Labute approximate surface area is 231 Å². The summed E-state index contributed by atoms with van der Waals surface area (Å²) in [6, 6.07) is 20.7. The lowest BCUT2D eigenvalue weighted by Gasteiger charge is -2.15. The molecule has 39 heavy (non-hydrogen) atoms. The highest BCUT2D eigenvalue weighted by atomic mass is 16.5. The minimum absolute atomic E-state index is 0.397. The summed E-state index contributed by atoms with van der Waals surface area (Å²) in [5.74, 6) is 0.0147. The molecule has 0 radical (unpaired) electrons. The molecule has 0 saturated carbocycles. The number of ether oxygens (including phenoxy) is 2. The molecule has 3 aromatic carbocycles. The molecule has 0 heterocycles. The minimum Gasteiger partial charge on any atom is -0.494 e. The van der Waals surface area contributed by atoms with Gasteiger partial charge in [0.2, 0.25) is 0 Å². The zero-order valence-corrected chi connectivity index (χ0v) is 22.8. The van der Waals surface area contributed by atoms with Crippen molar-refractivity contribution in [2.75, 3.05) is 6.61 Å². The van der Waals surface area contributed by atoms with E-state index in [0.717, 1.165) is 41.0 Å². The molecule has 0 saturated heterocycles. The Morgan fingerprint density at radius 3 is 2.03 bits per heavy atom. The predicted molar refractivity (Wildman–Crippen MR) is 155 cm³/mol. The number of carbonyl (C=O) groups is 2. The van der Waals surface area contributed by atoms with Gasteiger partial charge in [0.1, 0.15) is 11.5 Å². The number of carbonyl (C=O) groups excluding carboxylic acids is 1. The van der Waals surface area contributed by atoms with Gasteiger partial charge in [0.15, 0.2) is 0 Å². The summed E-state index contributed by atoms with van der Waals surface area (Å²) in [5, 5.41) is 9.20. The number of aliphatic carboxylic acids is 1. The molecule has 0 spiro atoms. The SMILES string of the molecule is CCCCCCCCCCOc1ccc(-c2ccc(C(=O)Oc3ccc4c(c3)CCC(C(=O)O)=C4)cc2)cc1. The lowest BCUT2D eigenvalue weighted by molar-refractivity contribution is -0.132. The molecule has 0 aromatic heterocycles. The number of carboxylic acid groups (broad SMARTS) is 1. The molecule has 5 heteroatoms. The maximum Gasteiger partial charge on any atom is 0.343 e. The first kappa shape index (κ1) is 28.2. The van der Waals surface area contributed by atoms with E-state index in [1.165, 1.54) is 44.9 Å². The van der Waals surface area contributed by atoms with Crippen LogP contribution in [0.2, 0.25) is 0 Å². The molecule has 0 amide bonds. The Bertz CT molecular complexity index is 1270. The topological polar surface area (TPSA) is 72.8 Å². The summed E-state index contributed by atoms with van der Waals surface area (Å²) in [7, 11) is 0. The van der Waals surface area contributed by atoms with Gasteiger partial charge in [-0.2, -0.15) is 0 Å². The number of esters is 1. The van der Waals surface area contributed by atoms with Gasteiger partial charge in [0.25, 0.3) is 0 Å². The van der Waals surface area contributed by atoms with Gasteiger partial charge in [-0.1, -0.05) is 82.2 Å². The van der Waals surface area contributed by atoms with Gasteiger partial charge in [-0.25, -0.2) is 9.59 Å². The van der Waals surface area contributed by atoms with Crippen molar-refractivity contribution >= 4 is 18.0 Å². The van der Waals surface area contributed by atoms with Crippen molar-refractivity contribution in [1.29, 1.82) is 0 Å². The van der Waals surface area contributed by atoms with Gasteiger partial charge in [-0.15, -0.1) is 0 Å². The van der Waals surface area contributed by atoms with E-state index in [9.17, 15) is 14.7 Å². The third-order valence-corrected chi connectivity index (χ3v) is 7.17. The molecule has 0 aliphatic heterocycles. The number of benzene rings is 3. The summed E-state index contributed by atoms with van der Waals surface area (Å²) in [6.07, 6.45) is 13.0. The molecule has 0 atom stereocenters. The molecular weight excluding hydrogens is 488 g/mol. The Morgan fingerprint density at radius 1 is 0.744 bits per heavy atom. The molecule has 0 fully saturated rings. The largest absolute Gasteiger partial charge is 0.494 e. The summed E-state index contributed by atoms with van der Waals surface area (Å²) < 4.78 is 11.5. The van der Waals surface area contributed by atoms with Crippen LogP contribution in [0.3, 0.4) is 0 Å². The molecular formula is C34H38O5. The Balaban J connectivity index is 1.24. The summed E-state index contributed by atoms with van der Waals surface area (Å²) in [6.45, 7) is 2.99. The van der Waals surface area contributed by atoms with E-state index in [0.29, 0.717) is 29.7 Å². The van der Waals surface area contributed by atoms with E-state index in [4.69, 9.17) is 9.47 Å². The van der Waals surface area contributed by atoms with Crippen molar-refractivity contribution in [3.8, 4) is 22.6 Å². The molecule has 3 aromatic rings. The van der Waals surface area contributed by atoms with Gasteiger partial charge in [-0.05, 0) is 84.0 Å². The van der Waals surface area contributed by atoms with E-state index in [1.807, 2.05) is 42.5 Å². The molecule has 5 nitrogen and oxygen atoms in total. The number of hydrogen-bond acceptors (Lipinski definition) is 4. The summed E-state index contributed by atoms with van der Waals surface area (Å²) >= 11 is 0. The van der Waals surface area contributed by atoms with Crippen molar-refractivity contribution in [2.24, 2.45) is 0 Å². The van der Waals surface area contributed by atoms with Crippen LogP contribution in [0.5, 0.6) is 11.5 Å². The highest BCUT2D eigenvalue weighted by molar-refractivity contribution is 5.94. The van der Waals surface area contributed by atoms with Crippen molar-refractivity contribution in [3.63, 3.8) is 0 Å². The maximum atomic E-state index is 12.7. The standard InChI is InChI=1S/C34H38O5/c1-2-3-4-5-6-7-8-9-22-38-31-19-16-26(17-20-31)25-10-12-27(13-11-25)34(37)39-32-21-18-28-23-30(33(35)36)15-14-29(28)24-32/h10-13,16-21,23-24H,2-9,14-15,22H2,1H3,(H,35,36). The summed E-state index contributed by atoms with van der Waals surface area (Å²) in [5.41, 5.74) is 4.76. The molecule has 1 N–H and O–H groups in total. The van der Waals surface area contributed by atoms with Crippen LogP contribution in [-0.2, 0) is 11.2 Å². The number of hydrogen-bond donors (Lipinski definition) is 1. The molecule has 1 aliphatic carbocycles. The highest BCUT2D eigenvalue weighted by Crippen LogP contribution is 2.28. The first-order valence-electron chi connectivity index (χ1n) is 14.2. The zero-order chi connectivity index (χ0) is 27.5. The maximum absolute atomic E-state index is 12.7. The highest BCUT2D eigenvalue weighted by Gasteiger charge is 2.17. The molecule has 0 bridgehead atoms. The van der Waals surface area contributed by atoms with Crippen LogP contribution < -0.4 is 9.47 Å². The van der Waals surface area contributed by atoms with Gasteiger partial charge < -0.3 is 14.6 Å². The van der Waals surface area contributed by atoms with Crippen LogP contribution in [0.15, 0.2) is 72.3 Å². The molecule has 0 unspecified atom stereocenters. The van der Waals surface area contributed by atoms with Crippen LogP contribution in [-0.4, -0.2) is 23.7 Å². The van der Waals surface area contributed by atoms with Gasteiger partial charge in [0.05, 0.1) is 12.2 Å². The third-order valence-electron chi connectivity index (χ3n) is 7.17. The number of unbranched alkanes of at least 4 members (excludes halogenated alkanes) is 7. The van der Waals surface area contributed by atoms with Crippen LogP contribution in [0.25, 0.3) is 17.2 Å². The lowest BCUT2D eigenvalue weighted by atomic mass is 9.92. The van der Waals surface area contributed by atoms with Gasteiger partial charge >= 0.3 is 11.9 Å². The monoisotopic (exact) mass is 526 g/mol. The minimum atomic E-state index is -0.891. The normalized spacial score (nSPS) is 12.4. The Kier molecular flexibility index (Phi) is 10.4. The van der Waals surface area contributed by atoms with Crippen molar-refractivity contribution < 1.29 is 24.2 Å². The fourth-order valence-electron chi connectivity index (χ4n) is 4.84. The third kappa shape index (κ3) is 8.31. The van der Waals surface area contributed by atoms with Crippen LogP contribution in [0.1, 0.15) is 86.2 Å². The lowest BCUT2D eigenvalue weighted by Crippen LogP contribution is -2.10. The van der Waals surface area contributed by atoms with E-state index in [-0.39, 0.29) is 0 Å². The smallest absolute Gasteiger partial charge is 0.343 e. The number of rotatable bonds is 14.